The predicted molar refractivity (Wildman–Crippen MR) is 124 cm³/mol. The molecule has 0 radical (unpaired) electrons. The number of carbonyl (C=O) groups excluding carboxylic acids is 2. The number of aryl methyl sites for hydroxylation is 1. The lowest BCUT2D eigenvalue weighted by Crippen LogP contribution is -2.66. The number of rotatable bonds is 4. The Morgan fingerprint density at radius 3 is 2.23 bits per heavy atom. The van der Waals surface area contributed by atoms with E-state index in [1.54, 1.807) is 25.5 Å². The molecule has 1 aliphatic heterocycles. The van der Waals surface area contributed by atoms with Crippen molar-refractivity contribution in [2.45, 2.75) is 50.2 Å². The van der Waals surface area contributed by atoms with Gasteiger partial charge < -0.3 is 0 Å². The van der Waals surface area contributed by atoms with Crippen LogP contribution in [0, 0.1) is 12.3 Å². The number of hydrogen-bond donors (Lipinski definition) is 1. The second kappa shape index (κ2) is 8.18. The monoisotopic (exact) mass is 526 g/mol. The van der Waals surface area contributed by atoms with Gasteiger partial charge in [-0.15, -0.1) is 0 Å². The van der Waals surface area contributed by atoms with Crippen LogP contribution in [0.15, 0.2) is 64.7 Å². The fourth-order valence-corrected chi connectivity index (χ4v) is 6.09. The Morgan fingerprint density at radius 1 is 1.03 bits per heavy atom. The molecule has 0 bridgehead atoms. The van der Waals surface area contributed by atoms with Gasteiger partial charge in [0.15, 0.2) is 5.78 Å². The maximum absolute atomic E-state index is 14.9. The number of nitrogens with one attached hydrogen (secondary N) is 1. The minimum atomic E-state index is -5.47. The summed E-state index contributed by atoms with van der Waals surface area (Å²) in [5.41, 5.74) is -4.95. The molecule has 11 heteroatoms. The van der Waals surface area contributed by atoms with Gasteiger partial charge in [-0.25, -0.2) is 8.42 Å². The third kappa shape index (κ3) is 4.17. The first-order chi connectivity index (χ1) is 16.1. The molecule has 0 fully saturated rings. The summed E-state index contributed by atoms with van der Waals surface area (Å²) in [4.78, 5) is 27.2. The van der Waals surface area contributed by atoms with Gasteiger partial charge in [-0.05, 0) is 49.1 Å². The van der Waals surface area contributed by atoms with Crippen LogP contribution in [0.5, 0.6) is 0 Å². The number of alkyl halides is 3. The highest BCUT2D eigenvalue weighted by Gasteiger charge is 2.72. The summed E-state index contributed by atoms with van der Waals surface area (Å²) in [6.07, 6.45) is -5.81. The highest BCUT2D eigenvalue weighted by Crippen LogP contribution is 2.53. The van der Waals surface area contributed by atoms with Crippen LogP contribution in [-0.2, 0) is 19.6 Å². The molecule has 0 unspecified atom stereocenters. The molecule has 2 aromatic carbocycles. The maximum Gasteiger partial charge on any atom is 0.421 e. The number of halogens is 4. The van der Waals surface area contributed by atoms with Crippen LogP contribution in [0.4, 0.5) is 18.9 Å². The smallest absolute Gasteiger partial charge is 0.294 e. The largest absolute Gasteiger partial charge is 0.421 e. The molecule has 0 saturated carbocycles. The van der Waals surface area contributed by atoms with E-state index in [-0.39, 0.29) is 29.2 Å². The summed E-state index contributed by atoms with van der Waals surface area (Å²) >= 11 is 6.04. The first-order valence-corrected chi connectivity index (χ1v) is 12.5. The molecule has 1 N–H and O–H groups in total. The van der Waals surface area contributed by atoms with Gasteiger partial charge >= 0.3 is 6.18 Å². The van der Waals surface area contributed by atoms with Crippen molar-refractivity contribution in [2.75, 3.05) is 4.90 Å². The Hall–Kier alpha value is -2.69. The number of hydrogen-bond acceptors (Lipinski definition) is 4. The summed E-state index contributed by atoms with van der Waals surface area (Å²) in [5.74, 6) is -2.57. The molecule has 2 aromatic rings. The summed E-state index contributed by atoms with van der Waals surface area (Å²) in [6.45, 7) is 5.07. The van der Waals surface area contributed by atoms with Crippen LogP contribution in [0.25, 0.3) is 0 Å². The topological polar surface area (TPSA) is 83.6 Å². The number of amides is 1. The van der Waals surface area contributed by atoms with Crippen LogP contribution >= 0.6 is 11.6 Å². The van der Waals surface area contributed by atoms with Crippen LogP contribution in [0.2, 0.25) is 5.02 Å². The van der Waals surface area contributed by atoms with Crippen molar-refractivity contribution in [1.29, 1.82) is 0 Å². The number of nitrogens with zero attached hydrogens (tertiary/aromatic N) is 1. The van der Waals surface area contributed by atoms with Gasteiger partial charge in [0.1, 0.15) is 0 Å². The standard InChI is InChI=1S/C24H22ClF3N2O4S/c1-14-7-9-17(10-8-14)35(33,34)29-23(24(26,27)28)20-18(12-22(2,3)13-19(20)31)30(21(23)32)16-6-4-5-15(25)11-16/h4-11,29H,12-13H2,1-3H3/t23-/m0/s1. The van der Waals surface area contributed by atoms with Gasteiger partial charge in [0.2, 0.25) is 15.6 Å². The minimum Gasteiger partial charge on any atom is -0.294 e. The average molecular weight is 527 g/mol. The number of sulfonamides is 1. The molecular weight excluding hydrogens is 505 g/mol. The zero-order valence-corrected chi connectivity index (χ0v) is 20.6. The molecule has 1 amide bonds. The average Bonchev–Trinajstić information content (AvgIpc) is 2.95. The van der Waals surface area contributed by atoms with E-state index in [0.717, 1.165) is 17.0 Å². The van der Waals surface area contributed by atoms with Gasteiger partial charge in [-0.3, -0.25) is 14.5 Å². The number of ketones is 1. The lowest BCUT2D eigenvalue weighted by Gasteiger charge is -2.35. The van der Waals surface area contributed by atoms with E-state index in [2.05, 4.69) is 0 Å². The highest BCUT2D eigenvalue weighted by molar-refractivity contribution is 7.89. The molecule has 186 valence electrons. The summed E-state index contributed by atoms with van der Waals surface area (Å²) in [5, 5.41) is 0.156. The SMILES string of the molecule is Cc1ccc(S(=O)(=O)N[C@]2(C(F)(F)F)C(=O)N(c3cccc(Cl)c3)C3=C2C(=O)CC(C)(C)C3)cc1. The predicted octanol–water partition coefficient (Wildman–Crippen LogP) is 4.92. The van der Waals surface area contributed by atoms with Crippen LogP contribution in [0.3, 0.4) is 0 Å². The quantitative estimate of drug-likeness (QED) is 0.613. The van der Waals surface area contributed by atoms with Crippen molar-refractivity contribution in [3.8, 4) is 0 Å². The first kappa shape index (κ1) is 25.4. The third-order valence-corrected chi connectivity index (χ3v) is 7.83. The molecule has 0 spiro atoms. The minimum absolute atomic E-state index is 0.00107. The second-order valence-electron chi connectivity index (χ2n) is 9.55. The van der Waals surface area contributed by atoms with Crippen molar-refractivity contribution in [3.63, 3.8) is 0 Å². The van der Waals surface area contributed by atoms with E-state index in [1.807, 2.05) is 0 Å². The molecule has 35 heavy (non-hydrogen) atoms. The number of benzene rings is 2. The van der Waals surface area contributed by atoms with Gasteiger partial charge in [-0.1, -0.05) is 49.2 Å². The van der Waals surface area contributed by atoms with Crippen molar-refractivity contribution < 1.29 is 31.2 Å². The zero-order chi connectivity index (χ0) is 26.0. The summed E-state index contributed by atoms with van der Waals surface area (Å²) in [6, 6.07) is 10.7. The molecule has 2 aliphatic rings. The zero-order valence-electron chi connectivity index (χ0n) is 19.0. The van der Waals surface area contributed by atoms with E-state index in [1.165, 1.54) is 36.4 Å². The maximum atomic E-state index is 14.9. The van der Waals surface area contributed by atoms with Gasteiger partial charge in [-0.2, -0.15) is 17.9 Å². The Balaban J connectivity index is 1.99. The van der Waals surface area contributed by atoms with E-state index < -0.39 is 49.3 Å². The number of carbonyl (C=O) groups is 2. The van der Waals surface area contributed by atoms with Crippen LogP contribution in [-0.4, -0.2) is 31.8 Å². The Labute approximate surface area is 205 Å². The fourth-order valence-electron chi connectivity index (χ4n) is 4.58. The molecule has 1 aliphatic carbocycles. The van der Waals surface area contributed by atoms with E-state index >= 15 is 0 Å². The molecule has 1 heterocycles. The fraction of sp³-hybridized carbons (Fsp3) is 0.333. The molecule has 0 aromatic heterocycles. The van der Waals surface area contributed by atoms with E-state index in [9.17, 15) is 31.2 Å². The molecule has 0 saturated heterocycles. The van der Waals surface area contributed by atoms with Crippen molar-refractivity contribution in [1.82, 2.24) is 4.72 Å². The summed E-state index contributed by atoms with van der Waals surface area (Å²) in [7, 11) is -4.88. The van der Waals surface area contributed by atoms with Gasteiger partial charge in [0, 0.05) is 17.1 Å². The Bertz CT molecular complexity index is 1370. The van der Waals surface area contributed by atoms with Gasteiger partial charge in [0.25, 0.3) is 5.91 Å². The molecule has 4 rings (SSSR count). The number of Topliss-reactive ketones (excluding diaryl/α,β-unsaturated/α-hetero) is 1. The normalized spacial score (nSPS) is 22.5. The molecular formula is C24H22ClF3N2O4S. The van der Waals surface area contributed by atoms with Crippen molar-refractivity contribution in [2.24, 2.45) is 5.41 Å². The first-order valence-electron chi connectivity index (χ1n) is 10.6. The molecule has 6 nitrogen and oxygen atoms in total. The second-order valence-corrected chi connectivity index (χ2v) is 11.7. The summed E-state index contributed by atoms with van der Waals surface area (Å²) < 4.78 is 72.6. The number of allylic oxidation sites excluding steroid dienone is 1. The van der Waals surface area contributed by atoms with Crippen LogP contribution in [0.1, 0.15) is 32.3 Å². The third-order valence-electron chi connectivity index (χ3n) is 6.13. The highest BCUT2D eigenvalue weighted by atomic mass is 35.5. The van der Waals surface area contributed by atoms with E-state index in [4.69, 9.17) is 11.6 Å². The van der Waals surface area contributed by atoms with E-state index in [0.29, 0.717) is 5.56 Å². The lowest BCUT2D eigenvalue weighted by molar-refractivity contribution is -0.184. The Kier molecular flexibility index (Phi) is 5.94. The number of anilines is 1. The lowest BCUT2D eigenvalue weighted by atomic mass is 9.72. The molecule has 1 atom stereocenters. The van der Waals surface area contributed by atoms with Gasteiger partial charge in [0.05, 0.1) is 16.2 Å². The Morgan fingerprint density at radius 2 is 1.66 bits per heavy atom. The van der Waals surface area contributed by atoms with Crippen LogP contribution < -0.4 is 9.62 Å². The van der Waals surface area contributed by atoms with Crippen molar-refractivity contribution in [3.05, 3.63) is 70.4 Å². The van der Waals surface area contributed by atoms with Crippen molar-refractivity contribution >= 4 is 39.0 Å².